The molecule has 0 aliphatic rings. The van der Waals surface area contributed by atoms with Crippen LogP contribution in [-0.4, -0.2) is 13.4 Å². The van der Waals surface area contributed by atoms with Gasteiger partial charge in [0.2, 0.25) is 0 Å². The van der Waals surface area contributed by atoms with Gasteiger partial charge >= 0.3 is 0 Å². The lowest BCUT2D eigenvalue weighted by Gasteiger charge is -2.08. The van der Waals surface area contributed by atoms with Crippen LogP contribution in [0.15, 0.2) is 47.5 Å². The van der Waals surface area contributed by atoms with Crippen molar-refractivity contribution in [3.8, 4) is 0 Å². The Balaban J connectivity index is 2.27. The van der Waals surface area contributed by atoms with Crippen molar-refractivity contribution in [1.29, 1.82) is 0 Å². The van der Waals surface area contributed by atoms with Crippen molar-refractivity contribution in [1.82, 2.24) is 4.98 Å². The van der Waals surface area contributed by atoms with E-state index >= 15 is 0 Å². The van der Waals surface area contributed by atoms with Gasteiger partial charge in [0, 0.05) is 18.4 Å². The number of anilines is 1. The van der Waals surface area contributed by atoms with E-state index in [-0.39, 0.29) is 4.90 Å². The van der Waals surface area contributed by atoms with E-state index in [1.54, 1.807) is 49.5 Å². The minimum Gasteiger partial charge on any atom is -0.326 e. The second-order valence-electron chi connectivity index (χ2n) is 4.14. The Labute approximate surface area is 112 Å². The molecule has 0 saturated heterocycles. The first-order valence-electron chi connectivity index (χ1n) is 5.76. The van der Waals surface area contributed by atoms with Gasteiger partial charge in [-0.3, -0.25) is 9.71 Å². The van der Waals surface area contributed by atoms with Gasteiger partial charge in [-0.2, -0.15) is 0 Å². The van der Waals surface area contributed by atoms with E-state index in [2.05, 4.69) is 9.71 Å². The van der Waals surface area contributed by atoms with Crippen molar-refractivity contribution in [2.24, 2.45) is 5.73 Å². The van der Waals surface area contributed by atoms with Crippen molar-refractivity contribution < 1.29 is 8.42 Å². The molecule has 2 rings (SSSR count). The molecular weight excluding hydrogens is 262 g/mol. The van der Waals surface area contributed by atoms with Crippen molar-refractivity contribution >= 4 is 15.7 Å². The van der Waals surface area contributed by atoms with Crippen LogP contribution in [0.5, 0.6) is 0 Å². The maximum Gasteiger partial charge on any atom is 0.261 e. The highest BCUT2D eigenvalue weighted by Crippen LogP contribution is 2.16. The molecule has 6 heteroatoms. The minimum absolute atomic E-state index is 0.208. The van der Waals surface area contributed by atoms with E-state index in [1.165, 1.54) is 0 Å². The van der Waals surface area contributed by atoms with Gasteiger partial charge in [-0.1, -0.05) is 12.1 Å². The summed E-state index contributed by atoms with van der Waals surface area (Å²) in [5.41, 5.74) is 7.61. The molecule has 1 aromatic heterocycles. The molecular formula is C13H15N3O2S. The molecule has 0 spiro atoms. The highest BCUT2D eigenvalue weighted by Gasteiger charge is 2.13. The first kappa shape index (κ1) is 13.5. The summed E-state index contributed by atoms with van der Waals surface area (Å²) in [5.74, 6) is 0. The number of nitrogens with zero attached hydrogens (tertiary/aromatic N) is 1. The first-order chi connectivity index (χ1) is 9.01. The Bertz CT molecular complexity index is 667. The molecule has 1 heterocycles. The molecule has 2 aromatic rings. The molecule has 0 fully saturated rings. The van der Waals surface area contributed by atoms with E-state index in [0.717, 1.165) is 11.3 Å². The Morgan fingerprint density at radius 1 is 1.21 bits per heavy atom. The van der Waals surface area contributed by atoms with Gasteiger partial charge in [-0.05, 0) is 36.8 Å². The SMILES string of the molecule is Cc1cc(NS(=O)(=O)c2ccc(CN)cc2)ccn1. The van der Waals surface area contributed by atoms with E-state index in [1.807, 2.05) is 0 Å². The van der Waals surface area contributed by atoms with Gasteiger partial charge in [0.05, 0.1) is 10.6 Å². The fourth-order valence-electron chi connectivity index (χ4n) is 1.63. The number of hydrogen-bond donors (Lipinski definition) is 2. The highest BCUT2D eigenvalue weighted by atomic mass is 32.2. The van der Waals surface area contributed by atoms with Crippen LogP contribution in [-0.2, 0) is 16.6 Å². The third-order valence-electron chi connectivity index (χ3n) is 2.62. The number of nitrogens with two attached hydrogens (primary N) is 1. The summed E-state index contributed by atoms with van der Waals surface area (Å²) in [7, 11) is -3.57. The molecule has 0 atom stereocenters. The second-order valence-corrected chi connectivity index (χ2v) is 5.82. The fraction of sp³-hybridized carbons (Fsp3) is 0.154. The second kappa shape index (κ2) is 5.38. The molecule has 0 aliphatic heterocycles. The number of hydrogen-bond acceptors (Lipinski definition) is 4. The Morgan fingerprint density at radius 2 is 1.89 bits per heavy atom. The monoisotopic (exact) mass is 277 g/mol. The number of aromatic nitrogens is 1. The third-order valence-corrected chi connectivity index (χ3v) is 4.02. The molecule has 100 valence electrons. The van der Waals surface area contributed by atoms with E-state index in [0.29, 0.717) is 12.2 Å². The van der Waals surface area contributed by atoms with Crippen LogP contribution >= 0.6 is 0 Å². The maximum atomic E-state index is 12.1. The van der Waals surface area contributed by atoms with Crippen LogP contribution < -0.4 is 10.5 Å². The highest BCUT2D eigenvalue weighted by molar-refractivity contribution is 7.92. The molecule has 3 N–H and O–H groups in total. The van der Waals surface area contributed by atoms with Crippen LogP contribution in [0.3, 0.4) is 0 Å². The van der Waals surface area contributed by atoms with Gasteiger partial charge in [0.1, 0.15) is 0 Å². The molecule has 5 nitrogen and oxygen atoms in total. The molecule has 0 unspecified atom stereocenters. The number of rotatable bonds is 4. The largest absolute Gasteiger partial charge is 0.326 e. The average molecular weight is 277 g/mol. The summed E-state index contributed by atoms with van der Waals surface area (Å²) in [4.78, 5) is 4.22. The van der Waals surface area contributed by atoms with Crippen LogP contribution in [0.4, 0.5) is 5.69 Å². The lowest BCUT2D eigenvalue weighted by atomic mass is 10.2. The third kappa shape index (κ3) is 3.30. The van der Waals surface area contributed by atoms with E-state index in [4.69, 9.17) is 5.73 Å². The fourth-order valence-corrected chi connectivity index (χ4v) is 2.68. The zero-order valence-corrected chi connectivity index (χ0v) is 11.3. The van der Waals surface area contributed by atoms with Gasteiger partial charge < -0.3 is 5.73 Å². The zero-order chi connectivity index (χ0) is 13.9. The summed E-state index contributed by atoms with van der Waals surface area (Å²) >= 11 is 0. The summed E-state index contributed by atoms with van der Waals surface area (Å²) in [6.07, 6.45) is 1.56. The number of sulfonamides is 1. The average Bonchev–Trinajstić information content (AvgIpc) is 2.38. The summed E-state index contributed by atoms with van der Waals surface area (Å²) < 4.78 is 26.8. The molecule has 0 aliphatic carbocycles. The minimum atomic E-state index is -3.57. The first-order valence-corrected chi connectivity index (χ1v) is 7.24. The maximum absolute atomic E-state index is 12.1. The molecule has 0 bridgehead atoms. The standard InChI is InChI=1S/C13H15N3O2S/c1-10-8-12(6-7-15-10)16-19(17,18)13-4-2-11(9-14)3-5-13/h2-8H,9,14H2,1H3,(H,15,16). The number of pyridine rings is 1. The Morgan fingerprint density at radius 3 is 2.47 bits per heavy atom. The molecule has 0 saturated carbocycles. The molecule has 0 amide bonds. The van der Waals surface area contributed by atoms with Crippen molar-refractivity contribution in [2.75, 3.05) is 4.72 Å². The van der Waals surface area contributed by atoms with E-state index < -0.39 is 10.0 Å². The summed E-state index contributed by atoms with van der Waals surface area (Å²) in [5, 5.41) is 0. The molecule has 1 aromatic carbocycles. The summed E-state index contributed by atoms with van der Waals surface area (Å²) in [6, 6.07) is 9.76. The number of benzene rings is 1. The smallest absolute Gasteiger partial charge is 0.261 e. The lowest BCUT2D eigenvalue weighted by Crippen LogP contribution is -2.13. The van der Waals surface area contributed by atoms with Crippen molar-refractivity contribution in [3.05, 3.63) is 53.9 Å². The predicted octanol–water partition coefficient (Wildman–Crippen LogP) is 1.65. The number of aryl methyl sites for hydroxylation is 1. The van der Waals surface area contributed by atoms with Crippen LogP contribution in [0.25, 0.3) is 0 Å². The Kier molecular flexibility index (Phi) is 3.82. The van der Waals surface area contributed by atoms with Gasteiger partial charge in [0.15, 0.2) is 0 Å². The molecule has 19 heavy (non-hydrogen) atoms. The number of nitrogens with one attached hydrogen (secondary N) is 1. The van der Waals surface area contributed by atoms with Crippen molar-refractivity contribution in [3.63, 3.8) is 0 Å². The van der Waals surface area contributed by atoms with Crippen molar-refractivity contribution in [2.45, 2.75) is 18.4 Å². The van der Waals surface area contributed by atoms with Crippen LogP contribution in [0.2, 0.25) is 0 Å². The molecule has 0 radical (unpaired) electrons. The van der Waals surface area contributed by atoms with Gasteiger partial charge in [0.25, 0.3) is 10.0 Å². The van der Waals surface area contributed by atoms with Gasteiger partial charge in [-0.15, -0.1) is 0 Å². The lowest BCUT2D eigenvalue weighted by molar-refractivity contribution is 0.601. The van der Waals surface area contributed by atoms with Gasteiger partial charge in [-0.25, -0.2) is 8.42 Å². The van der Waals surface area contributed by atoms with E-state index in [9.17, 15) is 8.42 Å². The topological polar surface area (TPSA) is 85.1 Å². The predicted molar refractivity (Wildman–Crippen MR) is 74.1 cm³/mol. The zero-order valence-electron chi connectivity index (χ0n) is 10.5. The van der Waals surface area contributed by atoms with Crippen LogP contribution in [0.1, 0.15) is 11.3 Å². The van der Waals surface area contributed by atoms with Crippen LogP contribution in [0, 0.1) is 6.92 Å². The normalized spacial score (nSPS) is 11.3. The quantitative estimate of drug-likeness (QED) is 0.889. The Hall–Kier alpha value is -1.92. The summed E-state index contributed by atoms with van der Waals surface area (Å²) in [6.45, 7) is 2.19.